The van der Waals surface area contributed by atoms with E-state index in [1.807, 2.05) is 20.0 Å². The van der Waals surface area contributed by atoms with E-state index >= 15 is 0 Å². The van der Waals surface area contributed by atoms with Crippen LogP contribution in [0.2, 0.25) is 0 Å². The van der Waals surface area contributed by atoms with Crippen molar-refractivity contribution >= 4 is 0 Å². The summed E-state index contributed by atoms with van der Waals surface area (Å²) in [4.78, 5) is 4.54. The van der Waals surface area contributed by atoms with Crippen molar-refractivity contribution in [3.63, 3.8) is 0 Å². The number of nitrogens with zero attached hydrogens (tertiary/aromatic N) is 1. The Morgan fingerprint density at radius 3 is 2.67 bits per heavy atom. The summed E-state index contributed by atoms with van der Waals surface area (Å²) < 4.78 is 5.93. The van der Waals surface area contributed by atoms with Gasteiger partial charge in [-0.1, -0.05) is 12.1 Å². The molecular formula is C18H22N2O. The highest BCUT2D eigenvalue weighted by Gasteiger charge is 2.11. The summed E-state index contributed by atoms with van der Waals surface area (Å²) in [6, 6.07) is 10.5. The number of nitrogens with one attached hydrogen (secondary N) is 1. The summed E-state index contributed by atoms with van der Waals surface area (Å²) >= 11 is 0. The van der Waals surface area contributed by atoms with Gasteiger partial charge in [0, 0.05) is 18.3 Å². The van der Waals surface area contributed by atoms with Crippen LogP contribution in [0.25, 0.3) is 0 Å². The molecule has 21 heavy (non-hydrogen) atoms. The first-order chi connectivity index (χ1) is 10.3. The number of ether oxygens (including phenoxy) is 1. The molecule has 1 aromatic carbocycles. The maximum atomic E-state index is 5.93. The molecule has 0 amide bonds. The van der Waals surface area contributed by atoms with E-state index in [2.05, 4.69) is 34.6 Å². The first-order valence-corrected chi connectivity index (χ1v) is 7.67. The molecule has 1 aromatic heterocycles. The van der Waals surface area contributed by atoms with Gasteiger partial charge in [0.1, 0.15) is 5.75 Å². The van der Waals surface area contributed by atoms with Crippen LogP contribution in [0.1, 0.15) is 35.2 Å². The summed E-state index contributed by atoms with van der Waals surface area (Å²) in [5.74, 6) is 1.56. The Bertz CT molecular complexity index is 637. The molecule has 0 atom stereocenters. The van der Waals surface area contributed by atoms with Crippen LogP contribution in [0.4, 0.5) is 0 Å². The lowest BCUT2D eigenvalue weighted by Crippen LogP contribution is -2.07. The highest BCUT2D eigenvalue weighted by Crippen LogP contribution is 2.28. The molecule has 0 radical (unpaired) electrons. The van der Waals surface area contributed by atoms with Crippen molar-refractivity contribution in [2.24, 2.45) is 0 Å². The van der Waals surface area contributed by atoms with Gasteiger partial charge in [-0.05, 0) is 68.5 Å². The summed E-state index contributed by atoms with van der Waals surface area (Å²) in [5.41, 5.74) is 5.12. The molecule has 3 heteroatoms. The molecule has 0 unspecified atom stereocenters. The lowest BCUT2D eigenvalue weighted by atomic mass is 9.92. The molecule has 3 nitrogen and oxygen atoms in total. The first-order valence-electron chi connectivity index (χ1n) is 7.67. The van der Waals surface area contributed by atoms with Gasteiger partial charge < -0.3 is 10.1 Å². The maximum Gasteiger partial charge on any atom is 0.219 e. The first kappa shape index (κ1) is 14.1. The van der Waals surface area contributed by atoms with E-state index in [0.29, 0.717) is 5.88 Å². The SMILES string of the molecule is CNCc1ccc(Oc2ccc3c(c2)CCCC3)nc1C. The lowest BCUT2D eigenvalue weighted by molar-refractivity contribution is 0.459. The molecule has 0 spiro atoms. The Kier molecular flexibility index (Phi) is 4.20. The van der Waals surface area contributed by atoms with Gasteiger partial charge in [-0.15, -0.1) is 0 Å². The van der Waals surface area contributed by atoms with Crippen LogP contribution in [0.15, 0.2) is 30.3 Å². The zero-order valence-electron chi connectivity index (χ0n) is 12.8. The number of pyridine rings is 1. The number of rotatable bonds is 4. The maximum absolute atomic E-state index is 5.93. The molecule has 1 aliphatic carbocycles. The van der Waals surface area contributed by atoms with Crippen LogP contribution in [0.3, 0.4) is 0 Å². The Labute approximate surface area is 126 Å². The van der Waals surface area contributed by atoms with Gasteiger partial charge in [0.05, 0.1) is 0 Å². The number of benzene rings is 1. The molecule has 3 rings (SSSR count). The summed E-state index contributed by atoms with van der Waals surface area (Å²) in [6.07, 6.45) is 4.96. The Morgan fingerprint density at radius 1 is 1.10 bits per heavy atom. The van der Waals surface area contributed by atoms with E-state index in [1.54, 1.807) is 0 Å². The minimum Gasteiger partial charge on any atom is -0.439 e. The van der Waals surface area contributed by atoms with Crippen molar-refractivity contribution in [3.05, 3.63) is 52.7 Å². The number of hydrogen-bond acceptors (Lipinski definition) is 3. The Balaban J connectivity index is 1.78. The van der Waals surface area contributed by atoms with E-state index in [0.717, 1.165) is 18.0 Å². The van der Waals surface area contributed by atoms with Crippen molar-refractivity contribution in [2.75, 3.05) is 7.05 Å². The highest BCUT2D eigenvalue weighted by molar-refractivity contribution is 5.39. The molecule has 0 saturated heterocycles. The fourth-order valence-corrected chi connectivity index (χ4v) is 2.90. The van der Waals surface area contributed by atoms with Crippen molar-refractivity contribution < 1.29 is 4.74 Å². The molecule has 0 bridgehead atoms. The van der Waals surface area contributed by atoms with Crippen LogP contribution in [0.5, 0.6) is 11.6 Å². The Hall–Kier alpha value is -1.87. The van der Waals surface area contributed by atoms with Crippen LogP contribution < -0.4 is 10.1 Å². The molecule has 0 aliphatic heterocycles. The van der Waals surface area contributed by atoms with Crippen molar-refractivity contribution in [1.29, 1.82) is 0 Å². The molecule has 0 saturated carbocycles. The Morgan fingerprint density at radius 2 is 1.90 bits per heavy atom. The summed E-state index contributed by atoms with van der Waals surface area (Å²) in [7, 11) is 1.94. The van der Waals surface area contributed by atoms with Crippen LogP contribution in [0, 0.1) is 6.92 Å². The van der Waals surface area contributed by atoms with E-state index in [1.165, 1.54) is 42.4 Å². The van der Waals surface area contributed by atoms with Crippen molar-refractivity contribution in [3.8, 4) is 11.6 Å². The molecule has 1 aliphatic rings. The van der Waals surface area contributed by atoms with E-state index < -0.39 is 0 Å². The standard InChI is InChI=1S/C18H22N2O/c1-13-16(12-19-2)8-10-18(20-13)21-17-9-7-14-5-3-4-6-15(14)11-17/h7-11,19H,3-6,12H2,1-2H3. The zero-order chi connectivity index (χ0) is 14.7. The van der Waals surface area contributed by atoms with Crippen LogP contribution >= 0.6 is 0 Å². The minimum atomic E-state index is 0.670. The second kappa shape index (κ2) is 6.27. The second-order valence-electron chi connectivity index (χ2n) is 5.66. The van der Waals surface area contributed by atoms with Gasteiger partial charge in [-0.25, -0.2) is 4.98 Å². The van der Waals surface area contributed by atoms with Crippen molar-refractivity contribution in [1.82, 2.24) is 10.3 Å². The van der Waals surface area contributed by atoms with E-state index in [4.69, 9.17) is 4.74 Å². The monoisotopic (exact) mass is 282 g/mol. The van der Waals surface area contributed by atoms with E-state index in [-0.39, 0.29) is 0 Å². The summed E-state index contributed by atoms with van der Waals surface area (Å²) in [5, 5.41) is 3.15. The average molecular weight is 282 g/mol. The number of aromatic nitrogens is 1. The van der Waals surface area contributed by atoms with Gasteiger partial charge in [0.15, 0.2) is 0 Å². The highest BCUT2D eigenvalue weighted by atomic mass is 16.5. The predicted octanol–water partition coefficient (Wildman–Crippen LogP) is 3.78. The normalized spacial score (nSPS) is 13.8. The fraction of sp³-hybridized carbons (Fsp3) is 0.389. The topological polar surface area (TPSA) is 34.1 Å². The number of fused-ring (bicyclic) bond motifs is 1. The molecule has 110 valence electrons. The quantitative estimate of drug-likeness (QED) is 0.926. The van der Waals surface area contributed by atoms with Gasteiger partial charge >= 0.3 is 0 Å². The number of hydrogen-bond donors (Lipinski definition) is 1. The third-order valence-corrected chi connectivity index (χ3v) is 4.08. The number of aryl methyl sites for hydroxylation is 3. The van der Waals surface area contributed by atoms with Gasteiger partial charge in [0.2, 0.25) is 5.88 Å². The van der Waals surface area contributed by atoms with Crippen LogP contribution in [-0.4, -0.2) is 12.0 Å². The van der Waals surface area contributed by atoms with Crippen molar-refractivity contribution in [2.45, 2.75) is 39.2 Å². The largest absolute Gasteiger partial charge is 0.439 e. The average Bonchev–Trinajstić information content (AvgIpc) is 2.50. The molecule has 1 N–H and O–H groups in total. The third kappa shape index (κ3) is 3.24. The minimum absolute atomic E-state index is 0.670. The third-order valence-electron chi connectivity index (χ3n) is 4.08. The van der Waals surface area contributed by atoms with Crippen LogP contribution in [-0.2, 0) is 19.4 Å². The van der Waals surface area contributed by atoms with Gasteiger partial charge in [-0.2, -0.15) is 0 Å². The molecule has 1 heterocycles. The molecule has 2 aromatic rings. The smallest absolute Gasteiger partial charge is 0.219 e. The van der Waals surface area contributed by atoms with Gasteiger partial charge in [-0.3, -0.25) is 0 Å². The molecular weight excluding hydrogens is 260 g/mol. The summed E-state index contributed by atoms with van der Waals surface area (Å²) in [6.45, 7) is 2.85. The lowest BCUT2D eigenvalue weighted by Gasteiger charge is -2.16. The fourth-order valence-electron chi connectivity index (χ4n) is 2.90. The predicted molar refractivity (Wildman–Crippen MR) is 84.9 cm³/mol. The second-order valence-corrected chi connectivity index (χ2v) is 5.66. The van der Waals surface area contributed by atoms with Gasteiger partial charge in [0.25, 0.3) is 0 Å². The molecule has 0 fully saturated rings. The zero-order valence-corrected chi connectivity index (χ0v) is 12.8. The van der Waals surface area contributed by atoms with E-state index in [9.17, 15) is 0 Å².